The second-order valence-electron chi connectivity index (χ2n) is 14.0. The number of hydrogen-bond donors (Lipinski definition) is 0. The molecule has 0 aliphatic heterocycles. The first-order chi connectivity index (χ1) is 22.2. The van der Waals surface area contributed by atoms with Gasteiger partial charge in [-0.3, -0.25) is 0 Å². The van der Waals surface area contributed by atoms with Crippen molar-refractivity contribution in [1.82, 2.24) is 0 Å². The van der Waals surface area contributed by atoms with Gasteiger partial charge in [0.05, 0.1) is 8.07 Å². The van der Waals surface area contributed by atoms with Gasteiger partial charge in [-0.05, 0) is 46.2 Å². The standard InChI is InChI=1S/C44H46Si.2CH3.Hf/c1-3-31-15-5-11-23-39(31)41-25-13-17-33-27-37(29-43(33)41)45(35-19-7-8-20-35,36-21-9-10-22-36)38-28-34-18-14-26-42(44(34)30-38)40-24-12-6-16-32(40)4-2;;;/h5-6,11-18,23-30,35-36H,3-4,7-10,19-22H2,1-2H3;2*1H3;/q-2;2*-1;+4. The van der Waals surface area contributed by atoms with Gasteiger partial charge in [-0.25, -0.2) is 0 Å². The van der Waals surface area contributed by atoms with Crippen molar-refractivity contribution in [2.24, 2.45) is 0 Å². The molecule has 0 nitrogen and oxygen atoms in total. The smallest absolute Gasteiger partial charge is 0.358 e. The average Bonchev–Trinajstić information content (AvgIpc) is 3.92. The van der Waals surface area contributed by atoms with Gasteiger partial charge in [0.2, 0.25) is 0 Å². The van der Waals surface area contributed by atoms with Gasteiger partial charge >= 0.3 is 25.8 Å². The maximum Gasteiger partial charge on any atom is 4.00 e. The predicted molar refractivity (Wildman–Crippen MR) is 211 cm³/mol. The molecule has 6 aromatic rings. The summed E-state index contributed by atoms with van der Waals surface area (Å²) < 4.78 is 0. The first kappa shape index (κ1) is 36.5. The molecule has 48 heavy (non-hydrogen) atoms. The van der Waals surface area contributed by atoms with Crippen LogP contribution in [0.3, 0.4) is 0 Å². The Kier molecular flexibility index (Phi) is 11.7. The summed E-state index contributed by atoms with van der Waals surface area (Å²) in [5, 5.41) is 9.27. The number of aryl methyl sites for hydroxylation is 2. The summed E-state index contributed by atoms with van der Waals surface area (Å²) in [4.78, 5) is 0. The summed E-state index contributed by atoms with van der Waals surface area (Å²) >= 11 is 0. The van der Waals surface area contributed by atoms with Crippen LogP contribution in [0.15, 0.2) is 109 Å². The minimum atomic E-state index is -2.14. The summed E-state index contributed by atoms with van der Waals surface area (Å²) in [7, 11) is -2.14. The van der Waals surface area contributed by atoms with E-state index in [1.54, 1.807) is 10.4 Å². The number of fused-ring (bicyclic) bond motifs is 2. The second kappa shape index (κ2) is 15.4. The molecule has 6 aromatic carbocycles. The van der Waals surface area contributed by atoms with Crippen molar-refractivity contribution >= 4 is 40.0 Å². The quantitative estimate of drug-likeness (QED) is 0.106. The molecule has 0 heterocycles. The van der Waals surface area contributed by atoms with E-state index < -0.39 is 8.07 Å². The SMILES string of the molecule is CCc1ccccc1-c1cccc2[cH-]c([Si](c3cc4c(-c5ccccc5CC)cccc4[cH-]3)(C3CCCC3)C3CCCC3)cc12.[CH3-].[CH3-].[Hf+4]. The van der Waals surface area contributed by atoms with Crippen LogP contribution < -0.4 is 10.4 Å². The van der Waals surface area contributed by atoms with Gasteiger partial charge < -0.3 is 14.9 Å². The van der Waals surface area contributed by atoms with Crippen molar-refractivity contribution in [2.45, 2.75) is 89.1 Å². The van der Waals surface area contributed by atoms with Crippen LogP contribution in [0.4, 0.5) is 0 Å². The monoisotopic (exact) mass is 812 g/mol. The van der Waals surface area contributed by atoms with Crippen LogP contribution in [0.25, 0.3) is 43.8 Å². The Balaban J connectivity index is 0.00000150. The molecule has 0 unspecified atom stereocenters. The van der Waals surface area contributed by atoms with Gasteiger partial charge in [-0.1, -0.05) is 137 Å². The van der Waals surface area contributed by atoms with E-state index in [2.05, 4.69) is 123 Å². The molecule has 0 aromatic heterocycles. The largest absolute Gasteiger partial charge is 4.00 e. The van der Waals surface area contributed by atoms with Gasteiger partial charge in [-0.15, -0.1) is 68.3 Å². The molecule has 0 amide bonds. The summed E-state index contributed by atoms with van der Waals surface area (Å²) in [6.07, 6.45) is 13.3. The van der Waals surface area contributed by atoms with Crippen molar-refractivity contribution in [1.29, 1.82) is 0 Å². The van der Waals surface area contributed by atoms with Gasteiger partial charge in [0.1, 0.15) is 0 Å². The van der Waals surface area contributed by atoms with Crippen molar-refractivity contribution in [2.75, 3.05) is 0 Å². The van der Waals surface area contributed by atoms with Crippen LogP contribution in [0.5, 0.6) is 0 Å². The molecule has 0 atom stereocenters. The Morgan fingerprint density at radius 1 is 0.521 bits per heavy atom. The van der Waals surface area contributed by atoms with E-state index in [0.717, 1.165) is 23.9 Å². The van der Waals surface area contributed by atoms with E-state index in [-0.39, 0.29) is 40.7 Å². The van der Waals surface area contributed by atoms with Crippen molar-refractivity contribution < 1.29 is 25.8 Å². The molecular formula is C46H52HfSi. The fraction of sp³-hybridized carbons (Fsp3) is 0.304. The molecule has 0 radical (unpaired) electrons. The molecule has 2 aliphatic rings. The number of benzene rings is 4. The Morgan fingerprint density at radius 2 is 0.896 bits per heavy atom. The third kappa shape index (κ3) is 6.00. The van der Waals surface area contributed by atoms with Crippen LogP contribution in [-0.4, -0.2) is 8.07 Å². The molecule has 244 valence electrons. The van der Waals surface area contributed by atoms with Crippen LogP contribution in [-0.2, 0) is 38.7 Å². The minimum absolute atomic E-state index is 0. The van der Waals surface area contributed by atoms with Crippen molar-refractivity contribution in [3.05, 3.63) is 135 Å². The van der Waals surface area contributed by atoms with Gasteiger partial charge in [0.15, 0.2) is 0 Å². The van der Waals surface area contributed by atoms with Crippen LogP contribution >= 0.6 is 0 Å². The molecule has 0 bridgehead atoms. The average molecular weight is 811 g/mol. The van der Waals surface area contributed by atoms with Crippen LogP contribution in [0, 0.1) is 14.9 Å². The fourth-order valence-corrected chi connectivity index (χ4v) is 16.9. The first-order valence-electron chi connectivity index (χ1n) is 17.8. The third-order valence-electron chi connectivity index (χ3n) is 11.8. The van der Waals surface area contributed by atoms with Crippen LogP contribution in [0.2, 0.25) is 11.1 Å². The van der Waals surface area contributed by atoms with E-state index in [0.29, 0.717) is 0 Å². The van der Waals surface area contributed by atoms with E-state index in [4.69, 9.17) is 0 Å². The Morgan fingerprint density at radius 3 is 1.29 bits per heavy atom. The molecular weight excluding hydrogens is 759 g/mol. The van der Waals surface area contributed by atoms with Gasteiger partial charge in [0.25, 0.3) is 0 Å². The first-order valence-corrected chi connectivity index (χ1v) is 19.9. The maximum absolute atomic E-state index is 2.71. The second-order valence-corrected chi connectivity index (χ2v) is 18.5. The zero-order valence-corrected chi connectivity index (χ0v) is 34.2. The fourth-order valence-electron chi connectivity index (χ4n) is 9.80. The summed E-state index contributed by atoms with van der Waals surface area (Å²) in [6.45, 7) is 4.58. The van der Waals surface area contributed by atoms with E-state index >= 15 is 0 Å². The molecule has 0 saturated heterocycles. The topological polar surface area (TPSA) is 0 Å². The Bertz CT molecular complexity index is 1820. The normalized spacial score (nSPS) is 15.4. The predicted octanol–water partition coefficient (Wildman–Crippen LogP) is 12.2. The van der Waals surface area contributed by atoms with Gasteiger partial charge in [-0.2, -0.15) is 12.1 Å². The molecule has 8 rings (SSSR count). The zero-order chi connectivity index (χ0) is 30.4. The van der Waals surface area contributed by atoms with Gasteiger partial charge in [0, 0.05) is 0 Å². The molecule has 0 N–H and O–H groups in total. The van der Waals surface area contributed by atoms with E-state index in [9.17, 15) is 0 Å². The summed E-state index contributed by atoms with van der Waals surface area (Å²) in [5.41, 5.74) is 10.2. The molecule has 2 heteroatoms. The molecule has 0 spiro atoms. The van der Waals surface area contributed by atoms with Crippen molar-refractivity contribution in [3.8, 4) is 22.3 Å². The van der Waals surface area contributed by atoms with Crippen LogP contribution in [0.1, 0.15) is 76.3 Å². The summed E-state index contributed by atoms with van der Waals surface area (Å²) in [6, 6.07) is 43.1. The molecule has 2 aliphatic carbocycles. The molecule has 2 fully saturated rings. The minimum Gasteiger partial charge on any atom is -0.358 e. The number of rotatable bonds is 8. The Labute approximate surface area is 310 Å². The Hall–Kier alpha value is -2.81. The zero-order valence-electron chi connectivity index (χ0n) is 29.6. The maximum atomic E-state index is 2.71. The number of hydrogen-bond acceptors (Lipinski definition) is 0. The van der Waals surface area contributed by atoms with Crippen molar-refractivity contribution in [3.63, 3.8) is 0 Å². The molecule has 2 saturated carbocycles. The third-order valence-corrected chi connectivity index (χ3v) is 18.1. The van der Waals surface area contributed by atoms with E-state index in [1.807, 2.05) is 0 Å². The summed E-state index contributed by atoms with van der Waals surface area (Å²) in [5.74, 6) is 0. The van der Waals surface area contributed by atoms with E-state index in [1.165, 1.54) is 106 Å².